The number of hydrogen-bond donors (Lipinski definition) is 1. The van der Waals surface area contributed by atoms with Gasteiger partial charge in [-0.15, -0.1) is 0 Å². The fourth-order valence-electron chi connectivity index (χ4n) is 1.61. The number of rotatable bonds is 8. The first-order valence-electron chi connectivity index (χ1n) is 6.49. The molecule has 0 amide bonds. The molecule has 4 heteroatoms. The molecular weight excluding hydrogens is 216 g/mol. The molecule has 0 atom stereocenters. The van der Waals surface area contributed by atoms with Gasteiger partial charge >= 0.3 is 0 Å². The maximum absolute atomic E-state index is 11.3. The van der Waals surface area contributed by atoms with E-state index in [1.807, 2.05) is 6.92 Å². The molecule has 0 aliphatic rings. The minimum absolute atomic E-state index is 0.141. The van der Waals surface area contributed by atoms with Crippen LogP contribution < -0.4 is 10.3 Å². The summed E-state index contributed by atoms with van der Waals surface area (Å²) in [6, 6.07) is 1.41. The Morgan fingerprint density at radius 2 is 2.00 bits per heavy atom. The Kier molecular flexibility index (Phi) is 6.37. The molecule has 0 bridgehead atoms. The van der Waals surface area contributed by atoms with Crippen LogP contribution in [0.1, 0.15) is 51.8 Å². The first kappa shape index (κ1) is 13.7. The minimum Gasteiger partial charge on any atom is -0.477 e. The summed E-state index contributed by atoms with van der Waals surface area (Å²) in [6.45, 7) is 4.79. The van der Waals surface area contributed by atoms with Crippen molar-refractivity contribution in [1.29, 1.82) is 0 Å². The Bertz CT molecular complexity index is 374. The molecule has 1 aromatic rings. The Hall–Kier alpha value is -1.32. The summed E-state index contributed by atoms with van der Waals surface area (Å²) in [5, 5.41) is 0. The molecule has 1 N–H and O–H groups in total. The molecule has 17 heavy (non-hydrogen) atoms. The van der Waals surface area contributed by atoms with E-state index in [0.717, 1.165) is 6.42 Å². The molecule has 4 nitrogen and oxygen atoms in total. The average molecular weight is 238 g/mol. The van der Waals surface area contributed by atoms with Crippen LogP contribution >= 0.6 is 0 Å². The molecule has 96 valence electrons. The van der Waals surface area contributed by atoms with Crippen molar-refractivity contribution in [3.63, 3.8) is 0 Å². The van der Waals surface area contributed by atoms with E-state index < -0.39 is 0 Å². The third-order valence-electron chi connectivity index (χ3n) is 2.60. The molecule has 0 saturated carbocycles. The lowest BCUT2D eigenvalue weighted by Crippen LogP contribution is -2.12. The summed E-state index contributed by atoms with van der Waals surface area (Å²) < 4.78 is 5.48. The highest BCUT2D eigenvalue weighted by Crippen LogP contribution is 2.06. The molecule has 0 aliphatic carbocycles. The predicted octanol–water partition coefficient (Wildman–Crippen LogP) is 2.68. The topological polar surface area (TPSA) is 55.0 Å². The second kappa shape index (κ2) is 7.87. The van der Waals surface area contributed by atoms with E-state index >= 15 is 0 Å². The quantitative estimate of drug-likeness (QED) is 0.708. The van der Waals surface area contributed by atoms with Gasteiger partial charge in [-0.3, -0.25) is 4.79 Å². The van der Waals surface area contributed by atoms with Gasteiger partial charge in [0, 0.05) is 6.42 Å². The van der Waals surface area contributed by atoms with E-state index in [1.165, 1.54) is 31.7 Å². The summed E-state index contributed by atoms with van der Waals surface area (Å²) in [4.78, 5) is 18.1. The Balaban J connectivity index is 2.31. The molecule has 0 aromatic carbocycles. The molecule has 0 radical (unpaired) electrons. The third kappa shape index (κ3) is 5.52. The van der Waals surface area contributed by atoms with Gasteiger partial charge in [-0.2, -0.15) is 0 Å². The van der Waals surface area contributed by atoms with E-state index in [4.69, 9.17) is 4.74 Å². The maximum Gasteiger partial charge on any atom is 0.254 e. The lowest BCUT2D eigenvalue weighted by atomic mass is 10.2. The van der Waals surface area contributed by atoms with Gasteiger partial charge in [0.25, 0.3) is 5.56 Å². The van der Waals surface area contributed by atoms with Crippen molar-refractivity contribution < 1.29 is 4.74 Å². The summed E-state index contributed by atoms with van der Waals surface area (Å²) in [5.41, 5.74) is -0.141. The monoisotopic (exact) mass is 238 g/mol. The molecule has 0 fully saturated rings. The van der Waals surface area contributed by atoms with Crippen LogP contribution in [0.2, 0.25) is 0 Å². The van der Waals surface area contributed by atoms with Crippen LogP contribution in [0.3, 0.4) is 0 Å². The van der Waals surface area contributed by atoms with E-state index in [1.54, 1.807) is 0 Å². The maximum atomic E-state index is 11.3. The predicted molar refractivity (Wildman–Crippen MR) is 68.5 cm³/mol. The number of aryl methyl sites for hydroxylation is 1. The summed E-state index contributed by atoms with van der Waals surface area (Å²) >= 11 is 0. The van der Waals surface area contributed by atoms with E-state index in [0.29, 0.717) is 24.7 Å². The molecule has 0 saturated heterocycles. The van der Waals surface area contributed by atoms with Gasteiger partial charge in [-0.1, -0.05) is 39.5 Å². The van der Waals surface area contributed by atoms with Gasteiger partial charge in [0.2, 0.25) is 5.88 Å². The highest BCUT2D eigenvalue weighted by Gasteiger charge is 2.00. The number of ether oxygens (including phenoxy) is 1. The van der Waals surface area contributed by atoms with Gasteiger partial charge in [0.15, 0.2) is 0 Å². The van der Waals surface area contributed by atoms with Crippen LogP contribution in [-0.2, 0) is 6.42 Å². The Labute approximate surface area is 102 Å². The van der Waals surface area contributed by atoms with Crippen LogP contribution in [0.15, 0.2) is 10.9 Å². The molecule has 1 heterocycles. The number of aromatic nitrogens is 2. The van der Waals surface area contributed by atoms with Crippen molar-refractivity contribution in [3.8, 4) is 5.88 Å². The number of nitrogens with zero attached hydrogens (tertiary/aromatic N) is 1. The zero-order valence-corrected chi connectivity index (χ0v) is 10.8. The van der Waals surface area contributed by atoms with Crippen LogP contribution in [0.4, 0.5) is 0 Å². The smallest absolute Gasteiger partial charge is 0.254 e. The van der Waals surface area contributed by atoms with Crippen LogP contribution in [0.5, 0.6) is 5.88 Å². The van der Waals surface area contributed by atoms with Crippen molar-refractivity contribution in [1.82, 2.24) is 9.97 Å². The molecule has 1 rings (SSSR count). The number of hydrogen-bond acceptors (Lipinski definition) is 3. The zero-order chi connectivity index (χ0) is 12.5. The van der Waals surface area contributed by atoms with Gasteiger partial charge < -0.3 is 9.72 Å². The summed E-state index contributed by atoms with van der Waals surface area (Å²) in [7, 11) is 0. The van der Waals surface area contributed by atoms with E-state index in [-0.39, 0.29) is 5.56 Å². The molecule has 0 aliphatic heterocycles. The van der Waals surface area contributed by atoms with Crippen molar-refractivity contribution in [2.75, 3.05) is 6.61 Å². The van der Waals surface area contributed by atoms with Crippen LogP contribution in [-0.4, -0.2) is 16.6 Å². The van der Waals surface area contributed by atoms with Crippen molar-refractivity contribution in [3.05, 3.63) is 22.2 Å². The Morgan fingerprint density at radius 1 is 1.24 bits per heavy atom. The first-order chi connectivity index (χ1) is 8.26. The fraction of sp³-hybridized carbons (Fsp3) is 0.692. The van der Waals surface area contributed by atoms with Crippen LogP contribution in [0.25, 0.3) is 0 Å². The zero-order valence-electron chi connectivity index (χ0n) is 10.8. The van der Waals surface area contributed by atoms with Crippen molar-refractivity contribution in [2.24, 2.45) is 0 Å². The summed E-state index contributed by atoms with van der Waals surface area (Å²) in [6.07, 6.45) is 6.69. The third-order valence-corrected chi connectivity index (χ3v) is 2.60. The van der Waals surface area contributed by atoms with Gasteiger partial charge in [-0.05, 0) is 6.42 Å². The van der Waals surface area contributed by atoms with E-state index in [2.05, 4.69) is 16.9 Å². The lowest BCUT2D eigenvalue weighted by Gasteiger charge is -2.05. The van der Waals surface area contributed by atoms with Crippen LogP contribution in [0, 0.1) is 0 Å². The normalized spacial score (nSPS) is 10.5. The lowest BCUT2D eigenvalue weighted by molar-refractivity contribution is 0.291. The fourth-order valence-corrected chi connectivity index (χ4v) is 1.61. The first-order valence-corrected chi connectivity index (χ1v) is 6.49. The van der Waals surface area contributed by atoms with Crippen molar-refractivity contribution >= 4 is 0 Å². The highest BCUT2D eigenvalue weighted by atomic mass is 16.5. The number of H-pyrrole nitrogens is 1. The van der Waals surface area contributed by atoms with Gasteiger partial charge in [-0.25, -0.2) is 4.98 Å². The summed E-state index contributed by atoms with van der Waals surface area (Å²) in [5.74, 6) is 1.12. The largest absolute Gasteiger partial charge is 0.477 e. The molecule has 1 aromatic heterocycles. The SMILES string of the molecule is CCCCCCCOc1cc(=O)[nH]c(CC)n1. The van der Waals surface area contributed by atoms with Gasteiger partial charge in [0.1, 0.15) is 5.82 Å². The standard InChI is InChI=1S/C13H22N2O2/c1-3-5-6-7-8-9-17-13-10-12(16)14-11(4-2)15-13/h10H,3-9H2,1-2H3,(H,14,15,16). The van der Waals surface area contributed by atoms with Gasteiger partial charge in [0.05, 0.1) is 12.7 Å². The molecular formula is C13H22N2O2. The number of unbranched alkanes of at least 4 members (excludes halogenated alkanes) is 4. The average Bonchev–Trinajstić information content (AvgIpc) is 2.33. The Morgan fingerprint density at radius 3 is 2.71 bits per heavy atom. The highest BCUT2D eigenvalue weighted by molar-refractivity contribution is 5.08. The molecule has 0 unspecified atom stereocenters. The van der Waals surface area contributed by atoms with Crippen molar-refractivity contribution in [2.45, 2.75) is 52.4 Å². The second-order valence-electron chi connectivity index (χ2n) is 4.15. The van der Waals surface area contributed by atoms with E-state index in [9.17, 15) is 4.79 Å². The number of nitrogens with one attached hydrogen (secondary N) is 1. The minimum atomic E-state index is -0.141. The second-order valence-corrected chi connectivity index (χ2v) is 4.15. The molecule has 0 spiro atoms. The number of aromatic amines is 1.